The first-order valence-corrected chi connectivity index (χ1v) is 5.25. The highest BCUT2D eigenvalue weighted by atomic mass is 16.1. The minimum absolute atomic E-state index is 0.0494. The van der Waals surface area contributed by atoms with E-state index in [2.05, 4.69) is 31.0 Å². The third-order valence-electron chi connectivity index (χ3n) is 2.61. The summed E-state index contributed by atoms with van der Waals surface area (Å²) < 4.78 is 1.65. The van der Waals surface area contributed by atoms with Crippen molar-refractivity contribution in [2.24, 2.45) is 13.0 Å². The van der Waals surface area contributed by atoms with E-state index >= 15 is 0 Å². The summed E-state index contributed by atoms with van der Waals surface area (Å²) in [6.07, 6.45) is 1.05. The molecule has 0 bridgehead atoms. The number of rotatable bonds is 2. The quantitative estimate of drug-likeness (QED) is 0.799. The van der Waals surface area contributed by atoms with Crippen LogP contribution in [0.25, 0.3) is 11.0 Å². The highest BCUT2D eigenvalue weighted by Crippen LogP contribution is 2.14. The van der Waals surface area contributed by atoms with Crippen LogP contribution in [-0.2, 0) is 13.5 Å². The van der Waals surface area contributed by atoms with Gasteiger partial charge in [-0.1, -0.05) is 19.9 Å². The molecule has 2 rings (SSSR count). The standard InChI is InChI=1S/C12H16N2O/c1-8(2)6-9-4-5-10-11(7-9)14(3)12(15)13-10/h4-5,7-8H,6H2,1-3H3,(H,13,15). The average molecular weight is 204 g/mol. The minimum Gasteiger partial charge on any atom is -0.306 e. The summed E-state index contributed by atoms with van der Waals surface area (Å²) in [7, 11) is 1.79. The van der Waals surface area contributed by atoms with Crippen LogP contribution in [0.15, 0.2) is 23.0 Å². The van der Waals surface area contributed by atoms with Crippen LogP contribution in [0.3, 0.4) is 0 Å². The average Bonchev–Trinajstić information content (AvgIpc) is 2.43. The molecular weight excluding hydrogens is 188 g/mol. The first kappa shape index (κ1) is 10.0. The number of fused-ring (bicyclic) bond motifs is 1. The van der Waals surface area contributed by atoms with Gasteiger partial charge < -0.3 is 4.98 Å². The molecule has 0 fully saturated rings. The number of hydrogen-bond acceptors (Lipinski definition) is 1. The van der Waals surface area contributed by atoms with Gasteiger partial charge in [0.1, 0.15) is 0 Å². The zero-order valence-electron chi connectivity index (χ0n) is 9.37. The monoisotopic (exact) mass is 204 g/mol. The fourth-order valence-corrected chi connectivity index (χ4v) is 1.87. The highest BCUT2D eigenvalue weighted by molar-refractivity contribution is 5.75. The van der Waals surface area contributed by atoms with Crippen LogP contribution < -0.4 is 5.69 Å². The molecular formula is C12H16N2O. The lowest BCUT2D eigenvalue weighted by Gasteiger charge is -2.04. The lowest BCUT2D eigenvalue weighted by molar-refractivity contribution is 0.647. The molecule has 0 amide bonds. The van der Waals surface area contributed by atoms with Crippen molar-refractivity contribution in [3.8, 4) is 0 Å². The molecule has 0 aliphatic heterocycles. The predicted molar refractivity (Wildman–Crippen MR) is 62.1 cm³/mol. The summed E-state index contributed by atoms with van der Waals surface area (Å²) in [6.45, 7) is 4.39. The van der Waals surface area contributed by atoms with E-state index in [-0.39, 0.29) is 5.69 Å². The Morgan fingerprint density at radius 3 is 2.80 bits per heavy atom. The second kappa shape index (κ2) is 3.57. The Morgan fingerprint density at radius 1 is 1.40 bits per heavy atom. The van der Waals surface area contributed by atoms with Crippen LogP contribution >= 0.6 is 0 Å². The van der Waals surface area contributed by atoms with Crippen LogP contribution in [0.4, 0.5) is 0 Å². The molecule has 80 valence electrons. The van der Waals surface area contributed by atoms with Gasteiger partial charge in [-0.15, -0.1) is 0 Å². The Balaban J connectivity index is 2.54. The first-order valence-electron chi connectivity index (χ1n) is 5.25. The third kappa shape index (κ3) is 1.82. The summed E-state index contributed by atoms with van der Waals surface area (Å²) in [5.41, 5.74) is 3.13. The molecule has 1 N–H and O–H groups in total. The lowest BCUT2D eigenvalue weighted by Crippen LogP contribution is -2.11. The summed E-state index contributed by atoms with van der Waals surface area (Å²) in [4.78, 5) is 14.2. The molecule has 0 atom stereocenters. The van der Waals surface area contributed by atoms with Gasteiger partial charge in [0.05, 0.1) is 11.0 Å². The molecule has 3 heteroatoms. The van der Waals surface area contributed by atoms with Gasteiger partial charge in [-0.25, -0.2) is 4.79 Å². The minimum atomic E-state index is -0.0494. The van der Waals surface area contributed by atoms with Gasteiger partial charge in [-0.2, -0.15) is 0 Å². The van der Waals surface area contributed by atoms with Gasteiger partial charge in [0, 0.05) is 7.05 Å². The van der Waals surface area contributed by atoms with E-state index < -0.39 is 0 Å². The number of imidazole rings is 1. The number of aromatic nitrogens is 2. The predicted octanol–water partition coefficient (Wildman–Crippen LogP) is 2.07. The van der Waals surface area contributed by atoms with Crippen LogP contribution in [0.2, 0.25) is 0 Å². The number of nitrogens with zero attached hydrogens (tertiary/aromatic N) is 1. The van der Waals surface area contributed by atoms with Crippen LogP contribution in [0, 0.1) is 5.92 Å². The number of aryl methyl sites for hydroxylation is 1. The Kier molecular flexibility index (Phi) is 2.39. The normalized spacial score (nSPS) is 11.5. The molecule has 0 saturated carbocycles. The highest BCUT2D eigenvalue weighted by Gasteiger charge is 2.04. The second-order valence-corrected chi connectivity index (χ2v) is 4.44. The van der Waals surface area contributed by atoms with Gasteiger partial charge in [-0.05, 0) is 30.0 Å². The molecule has 0 radical (unpaired) electrons. The molecule has 0 spiro atoms. The van der Waals surface area contributed by atoms with Crippen molar-refractivity contribution in [2.75, 3.05) is 0 Å². The maximum atomic E-state index is 11.4. The largest absolute Gasteiger partial charge is 0.326 e. The van der Waals surface area contributed by atoms with E-state index in [4.69, 9.17) is 0 Å². The lowest BCUT2D eigenvalue weighted by atomic mass is 10.0. The summed E-state index contributed by atoms with van der Waals surface area (Å²) in [5, 5.41) is 0. The van der Waals surface area contributed by atoms with Crippen LogP contribution in [0.5, 0.6) is 0 Å². The van der Waals surface area contributed by atoms with Crippen molar-refractivity contribution >= 4 is 11.0 Å². The van der Waals surface area contributed by atoms with Crippen molar-refractivity contribution in [2.45, 2.75) is 20.3 Å². The third-order valence-corrected chi connectivity index (χ3v) is 2.61. The van der Waals surface area contributed by atoms with Crippen LogP contribution in [0.1, 0.15) is 19.4 Å². The zero-order valence-corrected chi connectivity index (χ0v) is 9.37. The van der Waals surface area contributed by atoms with E-state index in [0.717, 1.165) is 17.5 Å². The summed E-state index contributed by atoms with van der Waals surface area (Å²) in [6, 6.07) is 6.15. The van der Waals surface area contributed by atoms with Crippen molar-refractivity contribution in [1.82, 2.24) is 9.55 Å². The Bertz CT molecular complexity index is 534. The smallest absolute Gasteiger partial charge is 0.306 e. The van der Waals surface area contributed by atoms with Crippen LogP contribution in [-0.4, -0.2) is 9.55 Å². The van der Waals surface area contributed by atoms with Gasteiger partial charge >= 0.3 is 5.69 Å². The number of aromatic amines is 1. The first-order chi connectivity index (χ1) is 7.08. The molecule has 1 heterocycles. The molecule has 0 unspecified atom stereocenters. The Labute approximate surface area is 88.7 Å². The van der Waals surface area contributed by atoms with E-state index in [1.807, 2.05) is 6.07 Å². The number of nitrogens with one attached hydrogen (secondary N) is 1. The molecule has 15 heavy (non-hydrogen) atoms. The maximum absolute atomic E-state index is 11.4. The molecule has 2 aromatic rings. The van der Waals surface area contributed by atoms with Gasteiger partial charge in [0.2, 0.25) is 0 Å². The van der Waals surface area contributed by atoms with Crippen molar-refractivity contribution in [3.05, 3.63) is 34.2 Å². The number of H-pyrrole nitrogens is 1. The number of benzene rings is 1. The fourth-order valence-electron chi connectivity index (χ4n) is 1.87. The summed E-state index contributed by atoms with van der Waals surface area (Å²) >= 11 is 0. The SMILES string of the molecule is CC(C)Cc1ccc2[nH]c(=O)n(C)c2c1. The van der Waals surface area contributed by atoms with E-state index in [0.29, 0.717) is 5.92 Å². The zero-order chi connectivity index (χ0) is 11.0. The van der Waals surface area contributed by atoms with Crippen molar-refractivity contribution in [1.29, 1.82) is 0 Å². The maximum Gasteiger partial charge on any atom is 0.326 e. The molecule has 1 aromatic heterocycles. The topological polar surface area (TPSA) is 37.8 Å². The van der Waals surface area contributed by atoms with E-state index in [9.17, 15) is 4.79 Å². The van der Waals surface area contributed by atoms with Crippen molar-refractivity contribution < 1.29 is 0 Å². The Morgan fingerprint density at radius 2 is 2.13 bits per heavy atom. The van der Waals surface area contributed by atoms with E-state index in [1.54, 1.807) is 11.6 Å². The molecule has 0 saturated heterocycles. The molecule has 0 aliphatic rings. The van der Waals surface area contributed by atoms with E-state index in [1.165, 1.54) is 5.56 Å². The van der Waals surface area contributed by atoms with Gasteiger partial charge in [0.25, 0.3) is 0 Å². The Hall–Kier alpha value is -1.51. The number of hydrogen-bond donors (Lipinski definition) is 1. The van der Waals surface area contributed by atoms with Crippen molar-refractivity contribution in [3.63, 3.8) is 0 Å². The van der Waals surface area contributed by atoms with Gasteiger partial charge in [-0.3, -0.25) is 4.57 Å². The molecule has 1 aromatic carbocycles. The second-order valence-electron chi connectivity index (χ2n) is 4.44. The molecule has 3 nitrogen and oxygen atoms in total. The summed E-state index contributed by atoms with van der Waals surface area (Å²) in [5.74, 6) is 0.637. The van der Waals surface area contributed by atoms with Gasteiger partial charge in [0.15, 0.2) is 0 Å². The fraction of sp³-hybridized carbons (Fsp3) is 0.417. The molecule has 0 aliphatic carbocycles.